The van der Waals surface area contributed by atoms with E-state index in [0.29, 0.717) is 6.61 Å². The van der Waals surface area contributed by atoms with Gasteiger partial charge in [0, 0.05) is 4.47 Å². The van der Waals surface area contributed by atoms with E-state index < -0.39 is 8.32 Å². The van der Waals surface area contributed by atoms with Crippen LogP contribution < -0.4 is 0 Å². The second kappa shape index (κ2) is 5.94. The van der Waals surface area contributed by atoms with Gasteiger partial charge in [0.25, 0.3) is 0 Å². The lowest BCUT2D eigenvalue weighted by atomic mass is 9.87. The van der Waals surface area contributed by atoms with E-state index in [4.69, 9.17) is 4.43 Å². The number of hydrogen-bond acceptors (Lipinski definition) is 1. The molecule has 0 unspecified atom stereocenters. The smallest absolute Gasteiger partial charge is 0.192 e. The van der Waals surface area contributed by atoms with Crippen LogP contribution in [0.25, 0.3) is 0 Å². The first kappa shape index (κ1) is 17.9. The fourth-order valence-corrected chi connectivity index (χ4v) is 3.05. The normalized spacial score (nSPS) is 13.7. The van der Waals surface area contributed by atoms with Crippen molar-refractivity contribution in [2.75, 3.05) is 0 Å². The molecule has 0 heterocycles. The van der Waals surface area contributed by atoms with Crippen LogP contribution >= 0.6 is 15.9 Å². The van der Waals surface area contributed by atoms with Gasteiger partial charge in [-0.1, -0.05) is 69.6 Å². The van der Waals surface area contributed by atoms with Crippen LogP contribution in [0.4, 0.5) is 0 Å². The van der Waals surface area contributed by atoms with Crippen LogP contribution in [-0.4, -0.2) is 8.32 Å². The molecule has 3 heteroatoms. The molecule has 0 fully saturated rings. The average molecular weight is 357 g/mol. The van der Waals surface area contributed by atoms with Gasteiger partial charge in [0.1, 0.15) is 0 Å². The highest BCUT2D eigenvalue weighted by Crippen LogP contribution is 2.37. The predicted molar refractivity (Wildman–Crippen MR) is 94.8 cm³/mol. The summed E-state index contributed by atoms with van der Waals surface area (Å²) >= 11 is 3.69. The maximum absolute atomic E-state index is 6.30. The van der Waals surface area contributed by atoms with Gasteiger partial charge in [0.2, 0.25) is 0 Å². The Morgan fingerprint density at radius 1 is 1.05 bits per heavy atom. The Hall–Kier alpha value is -0.123. The van der Waals surface area contributed by atoms with Gasteiger partial charge in [0.05, 0.1) is 6.61 Å². The van der Waals surface area contributed by atoms with E-state index in [-0.39, 0.29) is 10.5 Å². The van der Waals surface area contributed by atoms with Crippen molar-refractivity contribution in [3.05, 3.63) is 33.8 Å². The molecule has 1 rings (SSSR count). The van der Waals surface area contributed by atoms with Crippen molar-refractivity contribution in [1.82, 2.24) is 0 Å². The summed E-state index contributed by atoms with van der Waals surface area (Å²) in [7, 11) is -1.68. The minimum absolute atomic E-state index is 0.182. The fourth-order valence-electron chi connectivity index (χ4n) is 1.61. The summed E-state index contributed by atoms with van der Waals surface area (Å²) in [6.07, 6.45) is 0. The molecule has 0 atom stereocenters. The Morgan fingerprint density at radius 2 is 1.60 bits per heavy atom. The van der Waals surface area contributed by atoms with E-state index in [2.05, 4.69) is 88.8 Å². The van der Waals surface area contributed by atoms with Crippen molar-refractivity contribution in [1.29, 1.82) is 0 Å². The van der Waals surface area contributed by atoms with Crippen LogP contribution in [0.2, 0.25) is 18.1 Å². The van der Waals surface area contributed by atoms with Crippen molar-refractivity contribution in [2.45, 2.75) is 71.7 Å². The molecule has 0 amide bonds. The molecule has 1 nitrogen and oxygen atoms in total. The van der Waals surface area contributed by atoms with Gasteiger partial charge < -0.3 is 4.43 Å². The molecular formula is C17H29BrOSi. The molecule has 114 valence electrons. The molecule has 0 aliphatic rings. The number of benzene rings is 1. The molecule has 0 aromatic heterocycles. The van der Waals surface area contributed by atoms with Crippen LogP contribution in [0.5, 0.6) is 0 Å². The van der Waals surface area contributed by atoms with Gasteiger partial charge in [-0.3, -0.25) is 0 Å². The standard InChI is InChI=1S/C17H29BrOSi/c1-16(2,3)14-10-9-13(15(18)11-14)12-19-20(7,8)17(4,5)6/h9-11H,12H2,1-8H3. The molecule has 1 aromatic rings. The second-order valence-corrected chi connectivity index (χ2v) is 13.8. The number of hydrogen-bond donors (Lipinski definition) is 0. The molecular weight excluding hydrogens is 328 g/mol. The molecule has 1 aromatic carbocycles. The zero-order valence-electron chi connectivity index (χ0n) is 14.2. The van der Waals surface area contributed by atoms with Crippen LogP contribution in [0.3, 0.4) is 0 Å². The summed E-state index contributed by atoms with van der Waals surface area (Å²) in [6, 6.07) is 6.64. The predicted octanol–water partition coefficient (Wildman–Crippen LogP) is 6.27. The number of rotatable bonds is 3. The van der Waals surface area contributed by atoms with E-state index in [1.54, 1.807) is 0 Å². The second-order valence-electron chi connectivity index (χ2n) is 8.11. The molecule has 20 heavy (non-hydrogen) atoms. The summed E-state index contributed by atoms with van der Waals surface area (Å²) in [6.45, 7) is 18.8. The molecule has 0 spiro atoms. The summed E-state index contributed by atoms with van der Waals surface area (Å²) in [5.41, 5.74) is 2.77. The lowest BCUT2D eigenvalue weighted by molar-refractivity contribution is 0.275. The molecule has 0 saturated carbocycles. The van der Waals surface area contributed by atoms with Gasteiger partial charge in [-0.25, -0.2) is 0 Å². The Morgan fingerprint density at radius 3 is 2.00 bits per heavy atom. The van der Waals surface area contributed by atoms with Gasteiger partial charge in [-0.05, 0) is 40.7 Å². The monoisotopic (exact) mass is 356 g/mol. The van der Waals surface area contributed by atoms with Crippen LogP contribution in [-0.2, 0) is 16.4 Å². The molecule has 0 aliphatic carbocycles. The van der Waals surface area contributed by atoms with Gasteiger partial charge in [0.15, 0.2) is 8.32 Å². The van der Waals surface area contributed by atoms with Crippen molar-refractivity contribution in [3.8, 4) is 0 Å². The van der Waals surface area contributed by atoms with E-state index in [1.165, 1.54) is 11.1 Å². The minimum Gasteiger partial charge on any atom is -0.413 e. The number of halogens is 1. The Bertz CT molecular complexity index is 467. The molecule has 0 bridgehead atoms. The first-order valence-electron chi connectivity index (χ1n) is 7.27. The van der Waals surface area contributed by atoms with Gasteiger partial charge in [-0.15, -0.1) is 0 Å². The summed E-state index contributed by atoms with van der Waals surface area (Å²) in [5, 5.41) is 0.255. The zero-order chi connectivity index (χ0) is 15.8. The maximum Gasteiger partial charge on any atom is 0.192 e. The third-order valence-electron chi connectivity index (χ3n) is 4.31. The van der Waals surface area contributed by atoms with Crippen molar-refractivity contribution < 1.29 is 4.43 Å². The highest BCUT2D eigenvalue weighted by Gasteiger charge is 2.37. The lowest BCUT2D eigenvalue weighted by Gasteiger charge is -2.36. The first-order valence-corrected chi connectivity index (χ1v) is 11.0. The first-order chi connectivity index (χ1) is 8.84. The molecule has 0 N–H and O–H groups in total. The van der Waals surface area contributed by atoms with Crippen molar-refractivity contribution in [2.24, 2.45) is 0 Å². The van der Waals surface area contributed by atoms with Gasteiger partial charge in [-0.2, -0.15) is 0 Å². The quantitative estimate of drug-likeness (QED) is 0.580. The SMILES string of the molecule is CC(C)(C)c1ccc(CO[Si](C)(C)C(C)(C)C)c(Br)c1. The van der Waals surface area contributed by atoms with Gasteiger partial charge >= 0.3 is 0 Å². The van der Waals surface area contributed by atoms with Crippen LogP contribution in [0.1, 0.15) is 52.7 Å². The third kappa shape index (κ3) is 4.44. The molecule has 0 aliphatic heterocycles. The maximum atomic E-state index is 6.30. The minimum atomic E-state index is -1.68. The van der Waals surface area contributed by atoms with E-state index in [9.17, 15) is 0 Å². The fraction of sp³-hybridized carbons (Fsp3) is 0.647. The van der Waals surface area contributed by atoms with E-state index in [1.807, 2.05) is 0 Å². The summed E-state index contributed by atoms with van der Waals surface area (Å²) in [5.74, 6) is 0. The molecule has 0 radical (unpaired) electrons. The lowest BCUT2D eigenvalue weighted by Crippen LogP contribution is -2.40. The van der Waals surface area contributed by atoms with Crippen LogP contribution in [0, 0.1) is 0 Å². The highest BCUT2D eigenvalue weighted by atomic mass is 79.9. The van der Waals surface area contributed by atoms with Crippen LogP contribution in [0.15, 0.2) is 22.7 Å². The highest BCUT2D eigenvalue weighted by molar-refractivity contribution is 9.10. The van der Waals surface area contributed by atoms with E-state index >= 15 is 0 Å². The van der Waals surface area contributed by atoms with Crippen molar-refractivity contribution >= 4 is 24.2 Å². The zero-order valence-corrected chi connectivity index (χ0v) is 16.8. The van der Waals surface area contributed by atoms with E-state index in [0.717, 1.165) is 4.47 Å². The average Bonchev–Trinajstić information content (AvgIpc) is 2.24. The Balaban J connectivity index is 2.86. The third-order valence-corrected chi connectivity index (χ3v) is 9.53. The summed E-state index contributed by atoms with van der Waals surface area (Å²) < 4.78 is 7.45. The largest absolute Gasteiger partial charge is 0.413 e. The summed E-state index contributed by atoms with van der Waals surface area (Å²) in [4.78, 5) is 0. The topological polar surface area (TPSA) is 9.23 Å². The Labute approximate surface area is 134 Å². The van der Waals surface area contributed by atoms with Crippen molar-refractivity contribution in [3.63, 3.8) is 0 Å². The Kier molecular flexibility index (Phi) is 5.32. The molecule has 0 saturated heterocycles.